The highest BCUT2D eigenvalue weighted by Gasteiger charge is 2.46. The van der Waals surface area contributed by atoms with E-state index >= 15 is 0 Å². The minimum Gasteiger partial charge on any atom is -0.508 e. The summed E-state index contributed by atoms with van der Waals surface area (Å²) in [4.78, 5) is 28.1. The molecule has 7 heteroatoms. The molecule has 0 saturated carbocycles. The van der Waals surface area contributed by atoms with Gasteiger partial charge < -0.3 is 19.8 Å². The molecular formula is C30H30ClNO5. The van der Waals surface area contributed by atoms with Gasteiger partial charge >= 0.3 is 0 Å². The standard InChI is InChI=1S/C30H30ClNO5/c1-30(2,3)23-17-20(9-14-24(23)37-4)27(34)25-26(19-7-12-22(33)13-8-19)32(29(36)28(25)35)16-15-18-5-10-21(31)11-6-18/h5-14,17,26,33-34H,15-16H2,1-4H3/b27-25-. The van der Waals surface area contributed by atoms with Gasteiger partial charge in [0.15, 0.2) is 0 Å². The lowest BCUT2D eigenvalue weighted by Gasteiger charge is -2.26. The monoisotopic (exact) mass is 519 g/mol. The highest BCUT2D eigenvalue weighted by Crippen LogP contribution is 2.41. The van der Waals surface area contributed by atoms with Gasteiger partial charge in [0, 0.05) is 22.7 Å². The van der Waals surface area contributed by atoms with Crippen LogP contribution in [0.2, 0.25) is 5.02 Å². The Morgan fingerprint density at radius 3 is 2.24 bits per heavy atom. The fraction of sp³-hybridized carbons (Fsp3) is 0.267. The Morgan fingerprint density at radius 1 is 1.00 bits per heavy atom. The van der Waals surface area contributed by atoms with Crippen LogP contribution in [0.1, 0.15) is 49.1 Å². The summed E-state index contributed by atoms with van der Waals surface area (Å²) in [6.45, 7) is 6.34. The van der Waals surface area contributed by atoms with Crippen LogP contribution in [0, 0.1) is 0 Å². The van der Waals surface area contributed by atoms with Gasteiger partial charge in [0.2, 0.25) is 0 Å². The number of hydrogen-bond donors (Lipinski definition) is 2. The number of aromatic hydroxyl groups is 1. The van der Waals surface area contributed by atoms with Gasteiger partial charge in [-0.15, -0.1) is 0 Å². The van der Waals surface area contributed by atoms with Crippen molar-refractivity contribution < 1.29 is 24.5 Å². The van der Waals surface area contributed by atoms with Crippen LogP contribution in [0.15, 0.2) is 72.3 Å². The number of phenols is 1. The zero-order valence-electron chi connectivity index (χ0n) is 21.3. The van der Waals surface area contributed by atoms with E-state index in [9.17, 15) is 19.8 Å². The molecule has 0 radical (unpaired) electrons. The van der Waals surface area contributed by atoms with Crippen LogP contribution in [0.4, 0.5) is 0 Å². The lowest BCUT2D eigenvalue weighted by atomic mass is 9.84. The molecule has 2 N–H and O–H groups in total. The van der Waals surface area contributed by atoms with E-state index in [1.54, 1.807) is 49.6 Å². The molecule has 1 aliphatic heterocycles. The number of methoxy groups -OCH3 is 1. The quantitative estimate of drug-likeness (QED) is 0.236. The van der Waals surface area contributed by atoms with Crippen LogP contribution in [-0.2, 0) is 21.4 Å². The Balaban J connectivity index is 1.81. The number of hydrogen-bond acceptors (Lipinski definition) is 5. The molecule has 1 fully saturated rings. The number of rotatable bonds is 6. The number of likely N-dealkylation sites (tertiary alicyclic amines) is 1. The van der Waals surface area contributed by atoms with Gasteiger partial charge in [0.05, 0.1) is 18.7 Å². The van der Waals surface area contributed by atoms with E-state index in [0.29, 0.717) is 28.3 Å². The predicted octanol–water partition coefficient (Wildman–Crippen LogP) is 6.02. The lowest BCUT2D eigenvalue weighted by Crippen LogP contribution is -2.31. The number of halogens is 1. The number of amides is 1. The zero-order chi connectivity index (χ0) is 26.9. The zero-order valence-corrected chi connectivity index (χ0v) is 22.0. The molecule has 0 aliphatic carbocycles. The van der Waals surface area contributed by atoms with Crippen molar-refractivity contribution in [3.05, 3.63) is 99.6 Å². The van der Waals surface area contributed by atoms with E-state index in [4.69, 9.17) is 16.3 Å². The maximum absolute atomic E-state index is 13.3. The van der Waals surface area contributed by atoms with Gasteiger partial charge in [0.25, 0.3) is 11.7 Å². The summed E-state index contributed by atoms with van der Waals surface area (Å²) >= 11 is 6.00. The molecule has 192 valence electrons. The van der Waals surface area contributed by atoms with Crippen molar-refractivity contribution in [3.63, 3.8) is 0 Å². The van der Waals surface area contributed by atoms with Crippen molar-refractivity contribution in [2.24, 2.45) is 0 Å². The third-order valence-electron chi connectivity index (χ3n) is 6.58. The minimum absolute atomic E-state index is 0.0109. The summed E-state index contributed by atoms with van der Waals surface area (Å²) in [5.74, 6) is -0.953. The Morgan fingerprint density at radius 2 is 1.65 bits per heavy atom. The summed E-state index contributed by atoms with van der Waals surface area (Å²) in [7, 11) is 1.58. The third-order valence-corrected chi connectivity index (χ3v) is 6.84. The number of phenolic OH excluding ortho intramolecular Hbond substituents is 1. The molecule has 1 atom stereocenters. The molecule has 4 rings (SSSR count). The van der Waals surface area contributed by atoms with Gasteiger partial charge in [-0.3, -0.25) is 9.59 Å². The molecule has 6 nitrogen and oxygen atoms in total. The van der Waals surface area contributed by atoms with Crippen LogP contribution in [0.5, 0.6) is 11.5 Å². The number of ketones is 1. The normalized spacial score (nSPS) is 17.3. The van der Waals surface area contributed by atoms with Crippen LogP contribution in [0.25, 0.3) is 5.76 Å². The predicted molar refractivity (Wildman–Crippen MR) is 144 cm³/mol. The Hall–Kier alpha value is -3.77. The fourth-order valence-corrected chi connectivity index (χ4v) is 4.74. The van der Waals surface area contributed by atoms with Crippen molar-refractivity contribution in [2.45, 2.75) is 38.6 Å². The molecule has 0 spiro atoms. The van der Waals surface area contributed by atoms with E-state index in [2.05, 4.69) is 0 Å². The highest BCUT2D eigenvalue weighted by atomic mass is 35.5. The first kappa shape index (κ1) is 26.3. The lowest BCUT2D eigenvalue weighted by molar-refractivity contribution is -0.139. The maximum Gasteiger partial charge on any atom is 0.295 e. The van der Waals surface area contributed by atoms with Crippen LogP contribution in [-0.4, -0.2) is 40.5 Å². The molecule has 1 unspecified atom stereocenters. The summed E-state index contributed by atoms with van der Waals surface area (Å²) < 4.78 is 5.51. The van der Waals surface area contributed by atoms with Crippen molar-refractivity contribution in [2.75, 3.05) is 13.7 Å². The second-order valence-corrected chi connectivity index (χ2v) is 10.6. The van der Waals surface area contributed by atoms with Crippen LogP contribution < -0.4 is 4.74 Å². The SMILES string of the molecule is COc1ccc(/C(O)=C2/C(=O)C(=O)N(CCc3ccc(Cl)cc3)C2c2ccc(O)cc2)cc1C(C)(C)C. The molecule has 3 aromatic rings. The molecule has 1 saturated heterocycles. The molecule has 1 amide bonds. The summed E-state index contributed by atoms with van der Waals surface area (Å²) in [5, 5.41) is 21.9. The molecule has 37 heavy (non-hydrogen) atoms. The van der Waals surface area contributed by atoms with E-state index in [1.807, 2.05) is 32.9 Å². The molecular weight excluding hydrogens is 490 g/mol. The second-order valence-electron chi connectivity index (χ2n) is 10.1. The largest absolute Gasteiger partial charge is 0.508 e. The Kier molecular flexibility index (Phi) is 7.32. The average molecular weight is 520 g/mol. The number of aliphatic hydroxyl groups excluding tert-OH is 1. The number of nitrogens with zero attached hydrogens (tertiary/aromatic N) is 1. The smallest absolute Gasteiger partial charge is 0.295 e. The number of benzene rings is 3. The fourth-order valence-electron chi connectivity index (χ4n) is 4.61. The minimum atomic E-state index is -0.812. The van der Waals surface area contributed by atoms with Crippen molar-refractivity contribution in [3.8, 4) is 11.5 Å². The number of aliphatic hydroxyl groups is 1. The Bertz CT molecular complexity index is 1350. The first-order valence-electron chi connectivity index (χ1n) is 12.0. The number of ether oxygens (including phenoxy) is 1. The summed E-state index contributed by atoms with van der Waals surface area (Å²) in [6, 6.07) is 18.0. The third kappa shape index (κ3) is 5.35. The number of carbonyl (C=O) groups excluding carboxylic acids is 2. The van der Waals surface area contributed by atoms with Crippen LogP contribution in [0.3, 0.4) is 0 Å². The van der Waals surface area contributed by atoms with Crippen LogP contribution >= 0.6 is 11.6 Å². The van der Waals surface area contributed by atoms with E-state index in [-0.39, 0.29) is 29.0 Å². The second kappa shape index (κ2) is 10.3. The molecule has 1 aliphatic rings. The summed E-state index contributed by atoms with van der Waals surface area (Å²) in [5.41, 5.74) is 2.57. The van der Waals surface area contributed by atoms with E-state index in [1.165, 1.54) is 17.0 Å². The number of carbonyl (C=O) groups is 2. The highest BCUT2D eigenvalue weighted by molar-refractivity contribution is 6.46. The first-order chi connectivity index (χ1) is 17.5. The maximum atomic E-state index is 13.3. The van der Waals surface area contributed by atoms with Gasteiger partial charge in [-0.1, -0.05) is 56.6 Å². The topological polar surface area (TPSA) is 87.1 Å². The molecule has 0 bridgehead atoms. The van der Waals surface area contributed by atoms with Gasteiger partial charge in [-0.2, -0.15) is 0 Å². The van der Waals surface area contributed by atoms with Crippen molar-refractivity contribution in [1.29, 1.82) is 0 Å². The Labute approximate surface area is 221 Å². The summed E-state index contributed by atoms with van der Waals surface area (Å²) in [6.07, 6.45) is 0.496. The average Bonchev–Trinajstić information content (AvgIpc) is 3.12. The molecule has 1 heterocycles. The number of Topliss-reactive ketones (excluding diaryl/α,β-unsaturated/α-hetero) is 1. The van der Waals surface area contributed by atoms with Gasteiger partial charge in [-0.05, 0) is 65.4 Å². The van der Waals surface area contributed by atoms with E-state index < -0.39 is 17.7 Å². The van der Waals surface area contributed by atoms with Gasteiger partial charge in [0.1, 0.15) is 17.3 Å². The first-order valence-corrected chi connectivity index (χ1v) is 12.4. The van der Waals surface area contributed by atoms with Crippen molar-refractivity contribution >= 4 is 29.1 Å². The molecule has 0 aromatic heterocycles. The van der Waals surface area contributed by atoms with Gasteiger partial charge in [-0.25, -0.2) is 0 Å². The van der Waals surface area contributed by atoms with E-state index in [0.717, 1.165) is 11.1 Å². The molecule has 3 aromatic carbocycles. The van der Waals surface area contributed by atoms with Crippen molar-refractivity contribution in [1.82, 2.24) is 4.90 Å².